The zero-order chi connectivity index (χ0) is 11.0. The van der Waals surface area contributed by atoms with Gasteiger partial charge < -0.3 is 19.9 Å². The summed E-state index contributed by atoms with van der Waals surface area (Å²) >= 11 is 0. The van der Waals surface area contributed by atoms with Gasteiger partial charge in [0, 0.05) is 13.5 Å². The molecule has 0 fully saturated rings. The number of hydrogen-bond donors (Lipinski definition) is 2. The van der Waals surface area contributed by atoms with E-state index < -0.39 is 12.1 Å². The minimum absolute atomic E-state index is 0.144. The maximum absolute atomic E-state index is 11.0. The highest BCUT2D eigenvalue weighted by Crippen LogP contribution is 1.86. The number of hydrogen-bond acceptors (Lipinski definition) is 5. The number of carbonyl (C=O) groups excluding carboxylic acids is 2. The normalized spacial score (nSPS) is 11.9. The number of amides is 1. The van der Waals surface area contributed by atoms with Crippen LogP contribution in [0.4, 0.5) is 0 Å². The minimum Gasteiger partial charge on any atom is -0.467 e. The first kappa shape index (κ1) is 12.9. The molecular formula is C8H15NO5. The summed E-state index contributed by atoms with van der Waals surface area (Å²) in [5, 5.41) is 11.4. The molecule has 0 aliphatic heterocycles. The molecule has 0 aromatic heterocycles. The van der Waals surface area contributed by atoms with Gasteiger partial charge >= 0.3 is 5.97 Å². The summed E-state index contributed by atoms with van der Waals surface area (Å²) in [4.78, 5) is 21.7. The first-order valence-corrected chi connectivity index (χ1v) is 4.13. The molecule has 0 heterocycles. The highest BCUT2D eigenvalue weighted by Gasteiger charge is 2.15. The van der Waals surface area contributed by atoms with E-state index in [1.54, 1.807) is 0 Å². The number of rotatable bonds is 6. The van der Waals surface area contributed by atoms with Crippen molar-refractivity contribution in [3.63, 3.8) is 0 Å². The smallest absolute Gasteiger partial charge is 0.336 e. The van der Waals surface area contributed by atoms with E-state index in [9.17, 15) is 9.59 Å². The van der Waals surface area contributed by atoms with Gasteiger partial charge in [-0.05, 0) is 0 Å². The molecule has 6 nitrogen and oxygen atoms in total. The fraction of sp³-hybridized carbons (Fsp3) is 0.750. The molecule has 14 heavy (non-hydrogen) atoms. The number of carbonyl (C=O) groups is 2. The van der Waals surface area contributed by atoms with Gasteiger partial charge in [-0.1, -0.05) is 0 Å². The standard InChI is InChI=1S/C8H15NO5/c1-13-4-3-7(11)9-5-6(10)8(12)14-2/h6,10H,3-5H2,1-2H3,(H,9,11). The van der Waals surface area contributed by atoms with Gasteiger partial charge in [-0.25, -0.2) is 4.79 Å². The van der Waals surface area contributed by atoms with Gasteiger partial charge in [0.15, 0.2) is 6.10 Å². The van der Waals surface area contributed by atoms with Crippen LogP contribution in [0.2, 0.25) is 0 Å². The van der Waals surface area contributed by atoms with Gasteiger partial charge in [0.1, 0.15) is 0 Å². The molecule has 0 aromatic carbocycles. The van der Waals surface area contributed by atoms with Crippen molar-refractivity contribution in [3.05, 3.63) is 0 Å². The molecule has 0 aliphatic carbocycles. The van der Waals surface area contributed by atoms with Crippen LogP contribution in [0.3, 0.4) is 0 Å². The Labute approximate surface area is 82.2 Å². The SMILES string of the molecule is COCCC(=O)NCC(O)C(=O)OC. The summed E-state index contributed by atoms with van der Waals surface area (Å²) in [5.41, 5.74) is 0. The van der Waals surface area contributed by atoms with Crippen LogP contribution < -0.4 is 5.32 Å². The molecule has 0 saturated heterocycles. The Morgan fingerprint density at radius 2 is 2.07 bits per heavy atom. The van der Waals surface area contributed by atoms with E-state index in [0.29, 0.717) is 6.61 Å². The first-order chi connectivity index (χ1) is 6.61. The van der Waals surface area contributed by atoms with E-state index in [-0.39, 0.29) is 18.9 Å². The van der Waals surface area contributed by atoms with Gasteiger partial charge in [0.05, 0.1) is 20.3 Å². The molecule has 0 spiro atoms. The Morgan fingerprint density at radius 1 is 1.43 bits per heavy atom. The molecule has 0 aromatic rings. The summed E-state index contributed by atoms with van der Waals surface area (Å²) in [6.45, 7) is 0.162. The number of esters is 1. The molecule has 82 valence electrons. The Hall–Kier alpha value is -1.14. The van der Waals surface area contributed by atoms with Gasteiger partial charge in [-0.3, -0.25) is 4.79 Å². The molecule has 0 saturated carbocycles. The maximum atomic E-state index is 11.0. The van der Waals surface area contributed by atoms with E-state index in [2.05, 4.69) is 14.8 Å². The minimum atomic E-state index is -1.31. The van der Waals surface area contributed by atoms with Crippen molar-refractivity contribution in [2.45, 2.75) is 12.5 Å². The van der Waals surface area contributed by atoms with Crippen LogP contribution in [0.25, 0.3) is 0 Å². The lowest BCUT2D eigenvalue weighted by Crippen LogP contribution is -2.37. The fourth-order valence-electron chi connectivity index (χ4n) is 0.713. The molecule has 0 radical (unpaired) electrons. The second kappa shape index (κ2) is 7.28. The summed E-state index contributed by atoms with van der Waals surface area (Å²) in [5.74, 6) is -1.05. The lowest BCUT2D eigenvalue weighted by atomic mass is 10.3. The number of aliphatic hydroxyl groups excluding tert-OH is 1. The maximum Gasteiger partial charge on any atom is 0.336 e. The molecular weight excluding hydrogens is 190 g/mol. The van der Waals surface area contributed by atoms with Gasteiger partial charge in [-0.2, -0.15) is 0 Å². The molecule has 0 bridgehead atoms. The largest absolute Gasteiger partial charge is 0.467 e. The van der Waals surface area contributed by atoms with Crippen molar-refractivity contribution < 1.29 is 24.2 Å². The number of nitrogens with one attached hydrogen (secondary N) is 1. The zero-order valence-corrected chi connectivity index (χ0v) is 8.28. The number of aliphatic hydroxyl groups is 1. The predicted octanol–water partition coefficient (Wildman–Crippen LogP) is -1.33. The highest BCUT2D eigenvalue weighted by atomic mass is 16.5. The second-order valence-corrected chi connectivity index (χ2v) is 2.59. The third-order valence-electron chi connectivity index (χ3n) is 1.50. The molecule has 1 amide bonds. The van der Waals surface area contributed by atoms with Crippen molar-refractivity contribution in [1.82, 2.24) is 5.32 Å². The summed E-state index contributed by atoms with van der Waals surface area (Å²) in [6, 6.07) is 0. The zero-order valence-electron chi connectivity index (χ0n) is 8.28. The molecule has 0 rings (SSSR count). The van der Waals surface area contributed by atoms with E-state index in [1.165, 1.54) is 7.11 Å². The van der Waals surface area contributed by atoms with Crippen molar-refractivity contribution in [2.24, 2.45) is 0 Å². The van der Waals surface area contributed by atoms with Crippen molar-refractivity contribution in [2.75, 3.05) is 27.4 Å². The quantitative estimate of drug-likeness (QED) is 0.525. The Kier molecular flexibility index (Phi) is 6.69. The predicted molar refractivity (Wildman–Crippen MR) is 47.5 cm³/mol. The van der Waals surface area contributed by atoms with Crippen LogP contribution in [0.15, 0.2) is 0 Å². The lowest BCUT2D eigenvalue weighted by Gasteiger charge is -2.09. The van der Waals surface area contributed by atoms with Crippen LogP contribution in [-0.4, -0.2) is 50.5 Å². The van der Waals surface area contributed by atoms with Crippen LogP contribution in [0.1, 0.15) is 6.42 Å². The second-order valence-electron chi connectivity index (χ2n) is 2.59. The van der Waals surface area contributed by atoms with Gasteiger partial charge in [0.2, 0.25) is 5.91 Å². The van der Waals surface area contributed by atoms with Crippen LogP contribution >= 0.6 is 0 Å². The third-order valence-corrected chi connectivity index (χ3v) is 1.50. The average molecular weight is 205 g/mol. The van der Waals surface area contributed by atoms with Crippen LogP contribution in [0.5, 0.6) is 0 Å². The van der Waals surface area contributed by atoms with Crippen molar-refractivity contribution in [1.29, 1.82) is 0 Å². The van der Waals surface area contributed by atoms with E-state index in [1.807, 2.05) is 0 Å². The average Bonchev–Trinajstić information content (AvgIpc) is 2.21. The Bertz CT molecular complexity index is 194. The topological polar surface area (TPSA) is 84.9 Å². The van der Waals surface area contributed by atoms with E-state index in [0.717, 1.165) is 7.11 Å². The highest BCUT2D eigenvalue weighted by molar-refractivity contribution is 5.78. The van der Waals surface area contributed by atoms with Gasteiger partial charge in [-0.15, -0.1) is 0 Å². The lowest BCUT2D eigenvalue weighted by molar-refractivity contribution is -0.150. The monoisotopic (exact) mass is 205 g/mol. The number of methoxy groups -OCH3 is 2. The summed E-state index contributed by atoms with van der Waals surface area (Å²) in [6.07, 6.45) is -1.11. The first-order valence-electron chi connectivity index (χ1n) is 4.13. The van der Waals surface area contributed by atoms with Crippen LogP contribution in [0, 0.1) is 0 Å². The van der Waals surface area contributed by atoms with Crippen LogP contribution in [-0.2, 0) is 19.1 Å². The van der Waals surface area contributed by atoms with Crippen molar-refractivity contribution >= 4 is 11.9 Å². The Morgan fingerprint density at radius 3 is 2.57 bits per heavy atom. The van der Waals surface area contributed by atoms with E-state index >= 15 is 0 Å². The van der Waals surface area contributed by atoms with Crippen molar-refractivity contribution in [3.8, 4) is 0 Å². The fourth-order valence-corrected chi connectivity index (χ4v) is 0.713. The molecule has 0 aliphatic rings. The number of ether oxygens (including phenoxy) is 2. The molecule has 2 N–H and O–H groups in total. The Balaban J connectivity index is 3.60. The molecule has 1 atom stereocenters. The molecule has 6 heteroatoms. The molecule has 1 unspecified atom stereocenters. The summed E-state index contributed by atoms with van der Waals surface area (Å²) in [7, 11) is 2.65. The summed E-state index contributed by atoms with van der Waals surface area (Å²) < 4.78 is 8.93. The third kappa shape index (κ3) is 5.50. The van der Waals surface area contributed by atoms with Gasteiger partial charge in [0.25, 0.3) is 0 Å². The van der Waals surface area contributed by atoms with E-state index in [4.69, 9.17) is 5.11 Å².